The molecule has 1 heteroatoms. The molecule has 1 nitrogen and oxygen atoms in total. The van der Waals surface area contributed by atoms with Crippen molar-refractivity contribution in [2.24, 2.45) is 5.92 Å². The van der Waals surface area contributed by atoms with E-state index in [9.17, 15) is 0 Å². The molecule has 0 aromatic heterocycles. The second-order valence-electron chi connectivity index (χ2n) is 7.94. The van der Waals surface area contributed by atoms with Gasteiger partial charge in [-0.1, -0.05) is 91.0 Å². The second kappa shape index (κ2) is 5.43. The molecule has 1 fully saturated rings. The van der Waals surface area contributed by atoms with E-state index < -0.39 is 5.60 Å². The van der Waals surface area contributed by atoms with Gasteiger partial charge in [0.15, 0.2) is 0 Å². The fourth-order valence-corrected chi connectivity index (χ4v) is 5.78. The Hall–Kier alpha value is -2.64. The molecule has 0 amide bonds. The van der Waals surface area contributed by atoms with Crippen LogP contribution in [0.4, 0.5) is 0 Å². The number of ether oxygens (including phenoxy) is 1. The fourth-order valence-electron chi connectivity index (χ4n) is 5.78. The van der Waals surface area contributed by atoms with Crippen LogP contribution in [-0.2, 0) is 15.9 Å². The summed E-state index contributed by atoms with van der Waals surface area (Å²) in [5.74, 6) is 0.406. The quantitative estimate of drug-likeness (QED) is 0.519. The van der Waals surface area contributed by atoms with Crippen LogP contribution in [0.15, 0.2) is 96.6 Å². The van der Waals surface area contributed by atoms with Crippen LogP contribution in [0.2, 0.25) is 0 Å². The van der Waals surface area contributed by atoms with Crippen LogP contribution >= 0.6 is 0 Å². The normalized spacial score (nSPS) is 30.5. The van der Waals surface area contributed by atoms with E-state index in [-0.39, 0.29) is 5.60 Å². The first-order valence-electron chi connectivity index (χ1n) is 9.99. The minimum absolute atomic E-state index is 0.375. The molecule has 3 aromatic carbocycles. The van der Waals surface area contributed by atoms with Crippen LogP contribution in [0, 0.1) is 5.92 Å². The molecule has 0 spiro atoms. The van der Waals surface area contributed by atoms with Crippen molar-refractivity contribution in [1.82, 2.24) is 0 Å². The summed E-state index contributed by atoms with van der Waals surface area (Å²) in [6, 6.07) is 30.6. The second-order valence-corrected chi connectivity index (χ2v) is 7.94. The Kier molecular flexibility index (Phi) is 3.10. The molecular weight excluding hydrogens is 328 g/mol. The number of benzene rings is 3. The maximum Gasteiger partial charge on any atom is 0.142 e. The Morgan fingerprint density at radius 3 is 2.07 bits per heavy atom. The summed E-state index contributed by atoms with van der Waals surface area (Å²) in [5, 5.41) is 0. The van der Waals surface area contributed by atoms with Gasteiger partial charge in [-0.05, 0) is 47.1 Å². The van der Waals surface area contributed by atoms with E-state index in [0.717, 1.165) is 6.42 Å². The molecule has 2 aliphatic heterocycles. The maximum atomic E-state index is 7.27. The zero-order valence-electron chi connectivity index (χ0n) is 15.3. The van der Waals surface area contributed by atoms with Crippen molar-refractivity contribution >= 4 is 0 Å². The molecule has 132 valence electrons. The molecule has 0 unspecified atom stereocenters. The average Bonchev–Trinajstić information content (AvgIpc) is 3.25. The van der Waals surface area contributed by atoms with Crippen LogP contribution in [0.1, 0.15) is 41.5 Å². The minimum atomic E-state index is -0.446. The zero-order chi connectivity index (χ0) is 17.9. The predicted molar refractivity (Wildman–Crippen MR) is 107 cm³/mol. The lowest BCUT2D eigenvalue weighted by Crippen LogP contribution is -2.36. The lowest BCUT2D eigenvalue weighted by atomic mass is 9.61. The van der Waals surface area contributed by atoms with Crippen molar-refractivity contribution in [3.05, 3.63) is 119 Å². The Balaban J connectivity index is 1.73. The monoisotopic (exact) mass is 350 g/mol. The van der Waals surface area contributed by atoms with Gasteiger partial charge >= 0.3 is 0 Å². The number of allylic oxidation sites excluding steroid dienone is 1. The Morgan fingerprint density at radius 2 is 1.33 bits per heavy atom. The third kappa shape index (κ3) is 1.78. The van der Waals surface area contributed by atoms with Crippen LogP contribution in [0.5, 0.6) is 0 Å². The van der Waals surface area contributed by atoms with Crippen molar-refractivity contribution in [3.8, 4) is 0 Å². The van der Waals surface area contributed by atoms with E-state index >= 15 is 0 Å². The molecular formula is C26H22O. The third-order valence-corrected chi connectivity index (χ3v) is 6.74. The van der Waals surface area contributed by atoms with E-state index in [4.69, 9.17) is 4.74 Å². The topological polar surface area (TPSA) is 9.23 Å². The molecule has 0 radical (unpaired) electrons. The summed E-state index contributed by atoms with van der Waals surface area (Å²) in [5.41, 5.74) is 5.87. The highest BCUT2D eigenvalue weighted by atomic mass is 16.5. The third-order valence-electron chi connectivity index (χ3n) is 6.74. The highest BCUT2D eigenvalue weighted by Gasteiger charge is 2.68. The summed E-state index contributed by atoms with van der Waals surface area (Å²) in [6.45, 7) is 0. The minimum Gasteiger partial charge on any atom is -0.345 e. The first-order chi connectivity index (χ1) is 13.4. The fraction of sp³-hybridized carbons (Fsp3) is 0.231. The Labute approximate surface area is 160 Å². The van der Waals surface area contributed by atoms with Crippen LogP contribution in [0.3, 0.4) is 0 Å². The van der Waals surface area contributed by atoms with Gasteiger partial charge in [-0.25, -0.2) is 0 Å². The van der Waals surface area contributed by atoms with E-state index in [1.807, 2.05) is 0 Å². The van der Waals surface area contributed by atoms with E-state index in [1.54, 1.807) is 0 Å². The first-order valence-corrected chi connectivity index (χ1v) is 9.99. The van der Waals surface area contributed by atoms with Gasteiger partial charge in [-0.15, -0.1) is 0 Å². The lowest BCUT2D eigenvalue weighted by Gasteiger charge is -2.39. The smallest absolute Gasteiger partial charge is 0.142 e. The number of hydrogen-bond acceptors (Lipinski definition) is 1. The van der Waals surface area contributed by atoms with Gasteiger partial charge in [0.25, 0.3) is 0 Å². The van der Waals surface area contributed by atoms with Gasteiger partial charge in [0.05, 0.1) is 0 Å². The molecule has 0 saturated carbocycles. The summed E-state index contributed by atoms with van der Waals surface area (Å²) < 4.78 is 7.27. The number of rotatable bonds is 2. The lowest BCUT2D eigenvalue weighted by molar-refractivity contribution is -0.0481. The summed E-state index contributed by atoms with van der Waals surface area (Å²) in [4.78, 5) is 0. The Morgan fingerprint density at radius 1 is 0.704 bits per heavy atom. The van der Waals surface area contributed by atoms with Gasteiger partial charge in [-0.2, -0.15) is 0 Å². The molecule has 1 aliphatic carbocycles. The van der Waals surface area contributed by atoms with Crippen LogP contribution in [-0.4, -0.2) is 0 Å². The molecule has 3 aliphatic rings. The largest absolute Gasteiger partial charge is 0.345 e. The zero-order valence-corrected chi connectivity index (χ0v) is 15.3. The first kappa shape index (κ1) is 15.4. The maximum absolute atomic E-state index is 7.27. The van der Waals surface area contributed by atoms with Gasteiger partial charge in [0, 0.05) is 5.92 Å². The highest BCUT2D eigenvalue weighted by molar-refractivity contribution is 5.64. The molecule has 2 heterocycles. The van der Waals surface area contributed by atoms with E-state index in [1.165, 1.54) is 40.7 Å². The molecule has 3 atom stereocenters. The molecule has 1 saturated heterocycles. The van der Waals surface area contributed by atoms with Gasteiger partial charge in [0.1, 0.15) is 11.2 Å². The van der Waals surface area contributed by atoms with Gasteiger partial charge in [-0.3, -0.25) is 0 Å². The molecule has 27 heavy (non-hydrogen) atoms. The Bertz CT molecular complexity index is 1040. The van der Waals surface area contributed by atoms with Crippen molar-refractivity contribution < 1.29 is 4.74 Å². The standard InChI is InChI=1S/C26H22O/c1-3-11-19(12-4-1)25-21-15-7-9-17-23(21)26(27-25,20-13-5-2-6-14-20)24-18-10-8-16-22(24)25/h1-7,9,11-17,24H,8,10,18H2/t24-,25-,26+/m0/s1. The van der Waals surface area contributed by atoms with Crippen molar-refractivity contribution in [2.75, 3.05) is 0 Å². The van der Waals surface area contributed by atoms with Gasteiger partial charge in [0.2, 0.25) is 0 Å². The van der Waals surface area contributed by atoms with E-state index in [0.29, 0.717) is 5.92 Å². The molecule has 6 rings (SSSR count). The molecule has 0 N–H and O–H groups in total. The molecule has 2 bridgehead atoms. The van der Waals surface area contributed by atoms with Crippen molar-refractivity contribution in [1.29, 1.82) is 0 Å². The number of hydrogen-bond donors (Lipinski definition) is 0. The van der Waals surface area contributed by atoms with Crippen LogP contribution in [0.25, 0.3) is 0 Å². The summed E-state index contributed by atoms with van der Waals surface area (Å²) >= 11 is 0. The average molecular weight is 350 g/mol. The van der Waals surface area contributed by atoms with Crippen molar-refractivity contribution in [3.63, 3.8) is 0 Å². The van der Waals surface area contributed by atoms with E-state index in [2.05, 4.69) is 91.0 Å². The SMILES string of the molecule is C1=C2[C@H](CCC1)[C@]1(c3ccccc3)O[C@@]2(c2ccccc2)c2ccccc21. The number of fused-ring (bicyclic) bond motifs is 8. The summed E-state index contributed by atoms with van der Waals surface area (Å²) in [6.07, 6.45) is 6.04. The van der Waals surface area contributed by atoms with Crippen molar-refractivity contribution in [2.45, 2.75) is 30.5 Å². The van der Waals surface area contributed by atoms with Crippen LogP contribution < -0.4 is 0 Å². The van der Waals surface area contributed by atoms with Gasteiger partial charge < -0.3 is 4.74 Å². The molecule has 3 aromatic rings. The summed E-state index contributed by atoms with van der Waals surface area (Å²) in [7, 11) is 0. The highest BCUT2D eigenvalue weighted by Crippen LogP contribution is 2.69. The predicted octanol–water partition coefficient (Wildman–Crippen LogP) is 5.94.